The van der Waals surface area contributed by atoms with Crippen molar-refractivity contribution in [1.29, 1.82) is 0 Å². The Morgan fingerprint density at radius 3 is 2.43 bits per heavy atom. The van der Waals surface area contributed by atoms with Crippen molar-refractivity contribution in [3.8, 4) is 0 Å². The molecule has 0 saturated heterocycles. The monoisotopic (exact) mass is 297 g/mol. The summed E-state index contributed by atoms with van der Waals surface area (Å²) in [6.45, 7) is 2.91. The van der Waals surface area contributed by atoms with E-state index >= 15 is 0 Å². The van der Waals surface area contributed by atoms with Crippen LogP contribution in [0.15, 0.2) is 0 Å². The lowest BCUT2D eigenvalue weighted by Gasteiger charge is -2.27. The Morgan fingerprint density at radius 2 is 1.81 bits per heavy atom. The molecule has 1 saturated carbocycles. The molecule has 0 atom stereocenters. The van der Waals surface area contributed by atoms with Gasteiger partial charge in [-0.3, -0.25) is 9.59 Å². The first-order chi connectivity index (χ1) is 10.2. The number of carbonyl (C=O) groups is 2. The van der Waals surface area contributed by atoms with E-state index in [0.29, 0.717) is 13.0 Å². The molecule has 0 aromatic heterocycles. The summed E-state index contributed by atoms with van der Waals surface area (Å²) in [5, 5.41) is 3.01. The quantitative estimate of drug-likeness (QED) is 0.524. The van der Waals surface area contributed by atoms with Gasteiger partial charge in [0.1, 0.15) is 0 Å². The second-order valence-corrected chi connectivity index (χ2v) is 6.18. The molecule has 122 valence electrons. The van der Waals surface area contributed by atoms with Crippen molar-refractivity contribution in [2.75, 3.05) is 13.7 Å². The van der Waals surface area contributed by atoms with Gasteiger partial charge in [-0.25, -0.2) is 0 Å². The highest BCUT2D eigenvalue weighted by Gasteiger charge is 2.25. The van der Waals surface area contributed by atoms with Crippen molar-refractivity contribution in [2.24, 2.45) is 11.8 Å². The fourth-order valence-electron chi connectivity index (χ4n) is 3.06. The van der Waals surface area contributed by atoms with E-state index in [-0.39, 0.29) is 17.8 Å². The second-order valence-electron chi connectivity index (χ2n) is 6.18. The van der Waals surface area contributed by atoms with E-state index in [0.717, 1.165) is 31.6 Å². The van der Waals surface area contributed by atoms with Gasteiger partial charge in [0, 0.05) is 18.9 Å². The lowest BCUT2D eigenvalue weighted by atomic mass is 9.79. The maximum atomic E-state index is 12.1. The van der Waals surface area contributed by atoms with E-state index < -0.39 is 0 Å². The van der Waals surface area contributed by atoms with Gasteiger partial charge in [-0.15, -0.1) is 0 Å². The third-order valence-electron chi connectivity index (χ3n) is 4.52. The summed E-state index contributed by atoms with van der Waals surface area (Å²) >= 11 is 0. The van der Waals surface area contributed by atoms with Crippen LogP contribution in [0.5, 0.6) is 0 Å². The van der Waals surface area contributed by atoms with E-state index in [1.54, 1.807) is 0 Å². The number of rotatable bonds is 9. The lowest BCUT2D eigenvalue weighted by Crippen LogP contribution is -2.33. The molecule has 1 aliphatic carbocycles. The molecule has 0 aromatic rings. The fourth-order valence-corrected chi connectivity index (χ4v) is 3.06. The zero-order valence-electron chi connectivity index (χ0n) is 13.7. The summed E-state index contributed by atoms with van der Waals surface area (Å²) in [5.74, 6) is 1.09. The number of methoxy groups -OCH3 is 1. The summed E-state index contributed by atoms with van der Waals surface area (Å²) in [5.41, 5.74) is 0. The normalized spacial score (nSPS) is 21.8. The van der Waals surface area contributed by atoms with Crippen LogP contribution in [0.25, 0.3) is 0 Å². The average Bonchev–Trinajstić information content (AvgIpc) is 2.52. The van der Waals surface area contributed by atoms with Crippen molar-refractivity contribution >= 4 is 11.9 Å². The Hall–Kier alpha value is -1.06. The molecule has 1 N–H and O–H groups in total. The van der Waals surface area contributed by atoms with Crippen molar-refractivity contribution in [3.63, 3.8) is 0 Å². The molecule has 0 aliphatic heterocycles. The van der Waals surface area contributed by atoms with Crippen molar-refractivity contribution in [3.05, 3.63) is 0 Å². The van der Waals surface area contributed by atoms with Crippen LogP contribution in [0.3, 0.4) is 0 Å². The van der Waals surface area contributed by atoms with Crippen LogP contribution < -0.4 is 5.32 Å². The molecule has 0 spiro atoms. The third-order valence-corrected chi connectivity index (χ3v) is 4.52. The van der Waals surface area contributed by atoms with Gasteiger partial charge in [0.25, 0.3) is 0 Å². The van der Waals surface area contributed by atoms with Crippen LogP contribution in [0.1, 0.15) is 71.1 Å². The summed E-state index contributed by atoms with van der Waals surface area (Å²) in [6, 6.07) is 0. The van der Waals surface area contributed by atoms with E-state index in [1.807, 2.05) is 0 Å². The highest BCUT2D eigenvalue weighted by molar-refractivity contribution is 5.78. The zero-order chi connectivity index (χ0) is 15.5. The average molecular weight is 297 g/mol. The number of unbranched alkanes of at least 4 members (excludes halogenated alkanes) is 2. The molecule has 0 bridgehead atoms. The van der Waals surface area contributed by atoms with Gasteiger partial charge in [-0.1, -0.05) is 26.2 Å². The van der Waals surface area contributed by atoms with Gasteiger partial charge >= 0.3 is 5.97 Å². The number of carbonyl (C=O) groups excluding carboxylic acids is 2. The minimum Gasteiger partial charge on any atom is -0.469 e. The van der Waals surface area contributed by atoms with Crippen LogP contribution in [0, 0.1) is 11.8 Å². The second kappa shape index (κ2) is 10.6. The van der Waals surface area contributed by atoms with Gasteiger partial charge < -0.3 is 10.1 Å². The number of esters is 1. The topological polar surface area (TPSA) is 55.4 Å². The van der Waals surface area contributed by atoms with Crippen LogP contribution in [-0.4, -0.2) is 25.5 Å². The summed E-state index contributed by atoms with van der Waals surface area (Å²) in [7, 11) is 1.40. The minimum absolute atomic E-state index is 0.174. The first-order valence-corrected chi connectivity index (χ1v) is 8.51. The number of amides is 1. The van der Waals surface area contributed by atoms with Gasteiger partial charge in [0.2, 0.25) is 5.91 Å². The smallest absolute Gasteiger partial charge is 0.305 e. The van der Waals surface area contributed by atoms with Gasteiger partial charge in [0.05, 0.1) is 7.11 Å². The first-order valence-electron chi connectivity index (χ1n) is 8.51. The summed E-state index contributed by atoms with van der Waals surface area (Å²) in [4.78, 5) is 23.0. The molecule has 4 nitrogen and oxygen atoms in total. The Morgan fingerprint density at radius 1 is 1.10 bits per heavy atom. The largest absolute Gasteiger partial charge is 0.469 e. The SMILES string of the molecule is CCCCC1CCC(C(=O)NCCCCC(=O)OC)CC1. The Balaban J connectivity index is 2.07. The standard InChI is InChI=1S/C17H31NO3/c1-3-4-7-14-9-11-15(12-10-14)17(20)18-13-6-5-8-16(19)21-2/h14-15H,3-13H2,1-2H3,(H,18,20). The van der Waals surface area contributed by atoms with E-state index in [4.69, 9.17) is 0 Å². The molecule has 1 aliphatic rings. The number of nitrogens with one attached hydrogen (secondary N) is 1. The van der Waals surface area contributed by atoms with Gasteiger partial charge in [0.15, 0.2) is 0 Å². The predicted molar refractivity (Wildman–Crippen MR) is 83.8 cm³/mol. The minimum atomic E-state index is -0.174. The van der Waals surface area contributed by atoms with Crippen molar-refractivity contribution in [1.82, 2.24) is 5.32 Å². The van der Waals surface area contributed by atoms with Crippen molar-refractivity contribution in [2.45, 2.75) is 71.1 Å². The molecular weight excluding hydrogens is 266 g/mol. The highest BCUT2D eigenvalue weighted by Crippen LogP contribution is 2.31. The molecule has 0 aromatic carbocycles. The van der Waals surface area contributed by atoms with E-state index in [9.17, 15) is 9.59 Å². The molecule has 1 amide bonds. The van der Waals surface area contributed by atoms with Gasteiger partial charge in [-0.05, 0) is 44.4 Å². The van der Waals surface area contributed by atoms with E-state index in [2.05, 4.69) is 17.0 Å². The fraction of sp³-hybridized carbons (Fsp3) is 0.882. The number of hydrogen-bond acceptors (Lipinski definition) is 3. The molecule has 0 heterocycles. The molecule has 0 radical (unpaired) electrons. The van der Waals surface area contributed by atoms with Gasteiger partial charge in [-0.2, -0.15) is 0 Å². The van der Waals surface area contributed by atoms with E-state index in [1.165, 1.54) is 39.2 Å². The van der Waals surface area contributed by atoms with Crippen LogP contribution in [-0.2, 0) is 14.3 Å². The molecule has 4 heteroatoms. The highest BCUT2D eigenvalue weighted by atomic mass is 16.5. The predicted octanol–water partition coefficient (Wildman–Crippen LogP) is 3.44. The molecular formula is C17H31NO3. The Bertz CT molecular complexity index is 309. The zero-order valence-corrected chi connectivity index (χ0v) is 13.7. The Labute approximate surface area is 129 Å². The van der Waals surface area contributed by atoms with Crippen molar-refractivity contribution < 1.29 is 14.3 Å². The third kappa shape index (κ3) is 7.49. The summed E-state index contributed by atoms with van der Waals surface area (Å²) in [6.07, 6.45) is 10.5. The molecule has 1 rings (SSSR count). The van der Waals surface area contributed by atoms with Crippen LogP contribution in [0.2, 0.25) is 0 Å². The maximum absolute atomic E-state index is 12.1. The van der Waals surface area contributed by atoms with Crippen LogP contribution in [0.4, 0.5) is 0 Å². The Kier molecular flexibility index (Phi) is 9.11. The first kappa shape index (κ1) is 18.0. The number of hydrogen-bond donors (Lipinski definition) is 1. The number of ether oxygens (including phenoxy) is 1. The molecule has 21 heavy (non-hydrogen) atoms. The molecule has 1 fully saturated rings. The maximum Gasteiger partial charge on any atom is 0.305 e. The summed E-state index contributed by atoms with van der Waals surface area (Å²) < 4.78 is 4.58. The lowest BCUT2D eigenvalue weighted by molar-refractivity contribution is -0.140. The molecule has 0 unspecified atom stereocenters. The van der Waals surface area contributed by atoms with Crippen LogP contribution >= 0.6 is 0 Å².